The fourth-order valence-electron chi connectivity index (χ4n) is 2.82. The summed E-state index contributed by atoms with van der Waals surface area (Å²) in [5.41, 5.74) is 1.25. The number of hydrogen-bond donors (Lipinski definition) is 1. The third kappa shape index (κ3) is 5.13. The minimum atomic E-state index is 0.409. The lowest BCUT2D eigenvalue weighted by atomic mass is 10.2. The van der Waals surface area contributed by atoms with Crippen molar-refractivity contribution in [1.82, 2.24) is 10.2 Å². The smallest absolute Gasteiger partial charge is 0.120 e. The molecule has 1 aliphatic rings. The highest BCUT2D eigenvalue weighted by Gasteiger charge is 2.19. The van der Waals surface area contributed by atoms with E-state index < -0.39 is 0 Å². The Morgan fingerprint density at radius 2 is 2.24 bits per heavy atom. The summed E-state index contributed by atoms with van der Waals surface area (Å²) < 4.78 is 11.7. The quantitative estimate of drug-likeness (QED) is 0.710. The minimum absolute atomic E-state index is 0.409. The molecule has 2 heterocycles. The summed E-state index contributed by atoms with van der Waals surface area (Å²) >= 11 is 0. The Kier molecular flexibility index (Phi) is 6.74. The van der Waals surface area contributed by atoms with Crippen molar-refractivity contribution in [3.05, 3.63) is 23.2 Å². The van der Waals surface area contributed by atoms with E-state index in [2.05, 4.69) is 37.1 Å². The van der Waals surface area contributed by atoms with E-state index in [0.717, 1.165) is 57.3 Å². The van der Waals surface area contributed by atoms with Crippen molar-refractivity contribution in [1.29, 1.82) is 0 Å². The van der Waals surface area contributed by atoms with Crippen molar-refractivity contribution < 1.29 is 9.15 Å². The summed E-state index contributed by atoms with van der Waals surface area (Å²) in [6.07, 6.45) is 3.96. The second-order valence-electron chi connectivity index (χ2n) is 5.96. The molecule has 1 fully saturated rings. The first-order chi connectivity index (χ1) is 10.2. The van der Waals surface area contributed by atoms with Crippen LogP contribution in [0.3, 0.4) is 0 Å². The molecule has 4 nitrogen and oxygen atoms in total. The lowest BCUT2D eigenvalue weighted by Crippen LogP contribution is -2.31. The zero-order valence-corrected chi connectivity index (χ0v) is 13.8. The highest BCUT2D eigenvalue weighted by atomic mass is 16.5. The van der Waals surface area contributed by atoms with Gasteiger partial charge in [-0.25, -0.2) is 0 Å². The van der Waals surface area contributed by atoms with Gasteiger partial charge < -0.3 is 14.5 Å². The molecule has 4 heteroatoms. The van der Waals surface area contributed by atoms with Crippen LogP contribution in [0.2, 0.25) is 0 Å². The zero-order chi connectivity index (χ0) is 15.1. The van der Waals surface area contributed by atoms with Gasteiger partial charge in [-0.1, -0.05) is 13.8 Å². The largest absolute Gasteiger partial charge is 0.463 e. The Hall–Kier alpha value is -0.840. The van der Waals surface area contributed by atoms with Crippen molar-refractivity contribution in [3.63, 3.8) is 0 Å². The van der Waals surface area contributed by atoms with E-state index in [1.807, 2.05) is 0 Å². The van der Waals surface area contributed by atoms with Gasteiger partial charge in [0.15, 0.2) is 0 Å². The predicted octanol–water partition coefficient (Wildman–Crippen LogP) is 3.09. The highest BCUT2D eigenvalue weighted by Crippen LogP contribution is 2.18. The SMILES string of the molecule is CCCNCc1oc(CN(CC)CC2CCCO2)cc1C. The van der Waals surface area contributed by atoms with Gasteiger partial charge in [-0.3, -0.25) is 4.90 Å². The van der Waals surface area contributed by atoms with Crippen LogP contribution >= 0.6 is 0 Å². The summed E-state index contributed by atoms with van der Waals surface area (Å²) in [7, 11) is 0. The zero-order valence-electron chi connectivity index (χ0n) is 13.8. The lowest BCUT2D eigenvalue weighted by molar-refractivity contribution is 0.0701. The topological polar surface area (TPSA) is 37.6 Å². The molecule has 21 heavy (non-hydrogen) atoms. The number of rotatable bonds is 9. The average Bonchev–Trinajstić information content (AvgIpc) is 3.09. The molecular weight excluding hydrogens is 264 g/mol. The van der Waals surface area contributed by atoms with Crippen LogP contribution < -0.4 is 5.32 Å². The van der Waals surface area contributed by atoms with E-state index in [1.165, 1.54) is 18.4 Å². The van der Waals surface area contributed by atoms with E-state index >= 15 is 0 Å². The van der Waals surface area contributed by atoms with Crippen molar-refractivity contribution >= 4 is 0 Å². The van der Waals surface area contributed by atoms with Crippen LogP contribution in [0.1, 0.15) is 50.2 Å². The van der Waals surface area contributed by atoms with E-state index in [1.54, 1.807) is 0 Å². The Morgan fingerprint density at radius 1 is 1.38 bits per heavy atom. The molecule has 1 saturated heterocycles. The van der Waals surface area contributed by atoms with Crippen LogP contribution in [0.25, 0.3) is 0 Å². The van der Waals surface area contributed by atoms with Crippen LogP contribution in [-0.2, 0) is 17.8 Å². The molecule has 0 amide bonds. The summed E-state index contributed by atoms with van der Waals surface area (Å²) in [6, 6.07) is 2.18. The van der Waals surface area contributed by atoms with Gasteiger partial charge in [0, 0.05) is 13.2 Å². The fraction of sp³-hybridized carbons (Fsp3) is 0.765. The first kappa shape index (κ1) is 16.5. The molecule has 0 saturated carbocycles. The van der Waals surface area contributed by atoms with Gasteiger partial charge in [0.25, 0.3) is 0 Å². The molecule has 1 aromatic rings. The second-order valence-corrected chi connectivity index (χ2v) is 5.96. The van der Waals surface area contributed by atoms with Gasteiger partial charge in [0.05, 0.1) is 19.2 Å². The Bertz CT molecular complexity index is 411. The molecule has 0 spiro atoms. The maximum absolute atomic E-state index is 6.01. The fourth-order valence-corrected chi connectivity index (χ4v) is 2.82. The molecule has 2 rings (SSSR count). The summed E-state index contributed by atoms with van der Waals surface area (Å²) in [6.45, 7) is 12.2. The molecule has 1 aliphatic heterocycles. The Morgan fingerprint density at radius 3 is 2.90 bits per heavy atom. The standard InChI is InChI=1S/C17H30N2O2/c1-4-8-18-11-17-14(3)10-16(21-17)13-19(5-2)12-15-7-6-9-20-15/h10,15,18H,4-9,11-13H2,1-3H3. The molecule has 0 bridgehead atoms. The summed E-state index contributed by atoms with van der Waals surface area (Å²) in [5.74, 6) is 2.15. The van der Waals surface area contributed by atoms with Crippen molar-refractivity contribution in [3.8, 4) is 0 Å². The molecule has 0 radical (unpaired) electrons. The molecule has 120 valence electrons. The monoisotopic (exact) mass is 294 g/mol. The van der Waals surface area contributed by atoms with Crippen LogP contribution in [0.15, 0.2) is 10.5 Å². The van der Waals surface area contributed by atoms with Gasteiger partial charge in [0.1, 0.15) is 11.5 Å². The maximum atomic E-state index is 6.01. The molecule has 1 N–H and O–H groups in total. The number of furan rings is 1. The number of ether oxygens (including phenoxy) is 1. The summed E-state index contributed by atoms with van der Waals surface area (Å²) in [5, 5.41) is 3.40. The van der Waals surface area contributed by atoms with Gasteiger partial charge in [-0.05, 0) is 50.9 Å². The molecular formula is C17H30N2O2. The van der Waals surface area contributed by atoms with Crippen LogP contribution in [0.4, 0.5) is 0 Å². The van der Waals surface area contributed by atoms with Gasteiger partial charge in [0.2, 0.25) is 0 Å². The molecule has 1 atom stereocenters. The van der Waals surface area contributed by atoms with Crippen molar-refractivity contribution in [2.75, 3.05) is 26.2 Å². The summed E-state index contributed by atoms with van der Waals surface area (Å²) in [4.78, 5) is 2.41. The van der Waals surface area contributed by atoms with E-state index in [-0.39, 0.29) is 0 Å². The third-order valence-electron chi connectivity index (χ3n) is 4.10. The molecule has 1 aromatic heterocycles. The number of likely N-dealkylation sites (N-methyl/N-ethyl adjacent to an activating group) is 1. The van der Waals surface area contributed by atoms with E-state index in [4.69, 9.17) is 9.15 Å². The van der Waals surface area contributed by atoms with E-state index in [9.17, 15) is 0 Å². The lowest BCUT2D eigenvalue weighted by Gasteiger charge is -2.22. The molecule has 0 aromatic carbocycles. The first-order valence-corrected chi connectivity index (χ1v) is 8.35. The number of nitrogens with one attached hydrogen (secondary N) is 1. The van der Waals surface area contributed by atoms with Gasteiger partial charge in [-0.15, -0.1) is 0 Å². The number of hydrogen-bond acceptors (Lipinski definition) is 4. The first-order valence-electron chi connectivity index (χ1n) is 8.35. The number of aryl methyl sites for hydroxylation is 1. The second kappa shape index (κ2) is 8.57. The number of nitrogens with zero attached hydrogens (tertiary/aromatic N) is 1. The maximum Gasteiger partial charge on any atom is 0.120 e. The normalized spacial score (nSPS) is 18.8. The third-order valence-corrected chi connectivity index (χ3v) is 4.10. The molecule has 1 unspecified atom stereocenters. The minimum Gasteiger partial charge on any atom is -0.463 e. The van der Waals surface area contributed by atoms with Gasteiger partial charge >= 0.3 is 0 Å². The Labute approximate surface area is 128 Å². The predicted molar refractivity (Wildman–Crippen MR) is 85.4 cm³/mol. The van der Waals surface area contributed by atoms with Crippen LogP contribution in [-0.4, -0.2) is 37.2 Å². The molecule has 0 aliphatic carbocycles. The van der Waals surface area contributed by atoms with E-state index in [0.29, 0.717) is 6.10 Å². The van der Waals surface area contributed by atoms with Gasteiger partial charge in [-0.2, -0.15) is 0 Å². The Balaban J connectivity index is 1.86. The van der Waals surface area contributed by atoms with Crippen LogP contribution in [0.5, 0.6) is 0 Å². The van der Waals surface area contributed by atoms with Crippen molar-refractivity contribution in [2.24, 2.45) is 0 Å². The van der Waals surface area contributed by atoms with Crippen LogP contribution in [0, 0.1) is 6.92 Å². The highest BCUT2D eigenvalue weighted by molar-refractivity contribution is 5.20. The average molecular weight is 294 g/mol. The van der Waals surface area contributed by atoms with Crippen molar-refractivity contribution in [2.45, 2.75) is 59.2 Å².